The van der Waals surface area contributed by atoms with Crippen LogP contribution in [0.15, 0.2) is 22.6 Å². The molecule has 1 aromatic heterocycles. The number of methoxy groups -OCH3 is 1. The SMILES string of the molecule is CCOc1ccc(Cl)cc1-c1nnc([C@H]2CCC[C@@H](C(=O)OC)C2)o1. The lowest BCUT2D eigenvalue weighted by Crippen LogP contribution is -2.23. The summed E-state index contributed by atoms with van der Waals surface area (Å²) in [5, 5.41) is 8.93. The van der Waals surface area contributed by atoms with Crippen LogP contribution >= 0.6 is 11.6 Å². The second-order valence-corrected chi connectivity index (χ2v) is 6.54. The van der Waals surface area contributed by atoms with Crippen LogP contribution in [-0.2, 0) is 9.53 Å². The number of aromatic nitrogens is 2. The molecule has 6 nitrogen and oxygen atoms in total. The van der Waals surface area contributed by atoms with E-state index in [1.807, 2.05) is 6.92 Å². The first-order chi connectivity index (χ1) is 12.1. The molecule has 0 radical (unpaired) electrons. The van der Waals surface area contributed by atoms with Crippen molar-refractivity contribution in [2.75, 3.05) is 13.7 Å². The van der Waals surface area contributed by atoms with Crippen LogP contribution in [-0.4, -0.2) is 29.9 Å². The monoisotopic (exact) mass is 364 g/mol. The number of hydrogen-bond acceptors (Lipinski definition) is 6. The fourth-order valence-corrected chi connectivity index (χ4v) is 3.43. The quantitative estimate of drug-likeness (QED) is 0.739. The van der Waals surface area contributed by atoms with Crippen molar-refractivity contribution in [3.8, 4) is 17.2 Å². The molecule has 1 aromatic carbocycles. The molecule has 134 valence electrons. The topological polar surface area (TPSA) is 74.5 Å². The molecule has 0 N–H and O–H groups in total. The minimum absolute atomic E-state index is 0.0637. The average Bonchev–Trinajstić information content (AvgIpc) is 3.13. The van der Waals surface area contributed by atoms with Crippen LogP contribution in [0, 0.1) is 5.92 Å². The first kappa shape index (κ1) is 17.7. The Hall–Kier alpha value is -2.08. The summed E-state index contributed by atoms with van der Waals surface area (Å²) in [5.41, 5.74) is 0.674. The second kappa shape index (κ2) is 7.87. The largest absolute Gasteiger partial charge is 0.493 e. The molecule has 1 heterocycles. The first-order valence-corrected chi connectivity index (χ1v) is 8.84. The van der Waals surface area contributed by atoms with Crippen molar-refractivity contribution in [2.24, 2.45) is 5.92 Å². The van der Waals surface area contributed by atoms with E-state index < -0.39 is 0 Å². The molecule has 1 saturated carbocycles. The van der Waals surface area contributed by atoms with Gasteiger partial charge in [-0.1, -0.05) is 18.0 Å². The zero-order valence-electron chi connectivity index (χ0n) is 14.3. The number of nitrogens with zero attached hydrogens (tertiary/aromatic N) is 2. The Kier molecular flexibility index (Phi) is 5.58. The van der Waals surface area contributed by atoms with Gasteiger partial charge in [0.25, 0.3) is 5.89 Å². The van der Waals surface area contributed by atoms with E-state index >= 15 is 0 Å². The van der Waals surface area contributed by atoms with Crippen LogP contribution in [0.3, 0.4) is 0 Å². The number of hydrogen-bond donors (Lipinski definition) is 0. The fraction of sp³-hybridized carbons (Fsp3) is 0.500. The van der Waals surface area contributed by atoms with E-state index in [0.717, 1.165) is 19.3 Å². The number of carbonyl (C=O) groups is 1. The first-order valence-electron chi connectivity index (χ1n) is 8.46. The molecule has 1 fully saturated rings. The van der Waals surface area contributed by atoms with E-state index in [-0.39, 0.29) is 17.8 Å². The van der Waals surface area contributed by atoms with Crippen molar-refractivity contribution in [3.05, 3.63) is 29.1 Å². The molecule has 0 bridgehead atoms. The van der Waals surface area contributed by atoms with Crippen LogP contribution in [0.1, 0.15) is 44.4 Å². The Morgan fingerprint density at radius 2 is 2.20 bits per heavy atom. The van der Waals surface area contributed by atoms with Crippen LogP contribution in [0.25, 0.3) is 11.5 Å². The highest BCUT2D eigenvalue weighted by Crippen LogP contribution is 2.38. The van der Waals surface area contributed by atoms with Crippen molar-refractivity contribution in [1.29, 1.82) is 0 Å². The number of ether oxygens (including phenoxy) is 2. The van der Waals surface area contributed by atoms with Gasteiger partial charge in [0.1, 0.15) is 5.75 Å². The third-order valence-corrected chi connectivity index (χ3v) is 4.71. The van der Waals surface area contributed by atoms with Gasteiger partial charge >= 0.3 is 5.97 Å². The van der Waals surface area contributed by atoms with Gasteiger partial charge in [-0.05, 0) is 44.4 Å². The summed E-state index contributed by atoms with van der Waals surface area (Å²) in [6, 6.07) is 5.30. The van der Waals surface area contributed by atoms with E-state index in [4.69, 9.17) is 25.5 Å². The van der Waals surface area contributed by atoms with Crippen molar-refractivity contribution in [2.45, 2.75) is 38.5 Å². The van der Waals surface area contributed by atoms with Crippen LogP contribution in [0.4, 0.5) is 0 Å². The minimum atomic E-state index is -0.169. The van der Waals surface area contributed by atoms with Gasteiger partial charge in [0.15, 0.2) is 0 Å². The highest BCUT2D eigenvalue weighted by molar-refractivity contribution is 6.30. The van der Waals surface area contributed by atoms with E-state index in [1.165, 1.54) is 7.11 Å². The lowest BCUT2D eigenvalue weighted by Gasteiger charge is -2.24. The molecule has 3 rings (SSSR count). The predicted molar refractivity (Wildman–Crippen MR) is 92.6 cm³/mol. The Morgan fingerprint density at radius 1 is 1.36 bits per heavy atom. The number of carbonyl (C=O) groups excluding carboxylic acids is 1. The Labute approximate surface area is 151 Å². The highest BCUT2D eigenvalue weighted by atomic mass is 35.5. The molecule has 2 atom stereocenters. The molecule has 1 aliphatic carbocycles. The smallest absolute Gasteiger partial charge is 0.308 e. The molecular formula is C18H21ClN2O4. The van der Waals surface area contributed by atoms with Crippen LogP contribution < -0.4 is 4.74 Å². The second-order valence-electron chi connectivity index (χ2n) is 6.10. The van der Waals surface area contributed by atoms with Crippen molar-refractivity contribution >= 4 is 17.6 Å². The van der Waals surface area contributed by atoms with E-state index in [1.54, 1.807) is 18.2 Å². The maximum Gasteiger partial charge on any atom is 0.308 e. The van der Waals surface area contributed by atoms with Crippen LogP contribution in [0.2, 0.25) is 5.02 Å². The normalized spacial score (nSPS) is 20.3. The summed E-state index contributed by atoms with van der Waals surface area (Å²) in [5.74, 6) is 1.36. The molecular weight excluding hydrogens is 344 g/mol. The summed E-state index contributed by atoms with van der Waals surface area (Å²) < 4.78 is 16.4. The van der Waals surface area contributed by atoms with E-state index in [2.05, 4.69) is 10.2 Å². The third-order valence-electron chi connectivity index (χ3n) is 4.47. The third kappa shape index (κ3) is 3.95. The maximum atomic E-state index is 11.8. The van der Waals surface area contributed by atoms with Gasteiger partial charge in [0.05, 0.1) is 25.2 Å². The maximum absolute atomic E-state index is 11.8. The molecule has 1 aliphatic rings. The molecule has 25 heavy (non-hydrogen) atoms. The standard InChI is InChI=1S/C18H21ClN2O4/c1-3-24-15-8-7-13(19)10-14(15)17-21-20-16(25-17)11-5-4-6-12(9-11)18(22)23-2/h7-8,10-12H,3-6,9H2,1-2H3/t11-,12+/m0/s1. The zero-order chi connectivity index (χ0) is 17.8. The lowest BCUT2D eigenvalue weighted by atomic mass is 9.81. The average molecular weight is 365 g/mol. The van der Waals surface area contributed by atoms with Gasteiger partial charge < -0.3 is 13.9 Å². The van der Waals surface area contributed by atoms with E-state index in [9.17, 15) is 4.79 Å². The van der Waals surface area contributed by atoms with E-state index in [0.29, 0.717) is 41.1 Å². The Balaban J connectivity index is 1.83. The number of halogens is 1. The number of esters is 1. The van der Waals surface area contributed by atoms with Gasteiger partial charge in [-0.25, -0.2) is 0 Å². The highest BCUT2D eigenvalue weighted by Gasteiger charge is 2.32. The van der Waals surface area contributed by atoms with Gasteiger partial charge in [0, 0.05) is 10.9 Å². The van der Waals surface area contributed by atoms with Gasteiger partial charge in [-0.3, -0.25) is 4.79 Å². The molecule has 0 amide bonds. The summed E-state index contributed by atoms with van der Waals surface area (Å²) in [6.07, 6.45) is 3.36. The van der Waals surface area contributed by atoms with Crippen molar-refractivity contribution in [1.82, 2.24) is 10.2 Å². The lowest BCUT2D eigenvalue weighted by molar-refractivity contribution is -0.146. The minimum Gasteiger partial charge on any atom is -0.493 e. The Morgan fingerprint density at radius 3 is 2.96 bits per heavy atom. The number of rotatable bonds is 5. The molecule has 0 aliphatic heterocycles. The van der Waals surface area contributed by atoms with Crippen molar-refractivity contribution < 1.29 is 18.7 Å². The summed E-state index contributed by atoms with van der Waals surface area (Å²) in [7, 11) is 1.42. The van der Waals surface area contributed by atoms with Crippen molar-refractivity contribution in [3.63, 3.8) is 0 Å². The summed E-state index contributed by atoms with van der Waals surface area (Å²) in [6.45, 7) is 2.44. The van der Waals surface area contributed by atoms with Gasteiger partial charge in [0.2, 0.25) is 5.89 Å². The molecule has 7 heteroatoms. The molecule has 0 spiro atoms. The molecule has 0 unspecified atom stereocenters. The molecule has 2 aromatic rings. The van der Waals surface area contributed by atoms with Gasteiger partial charge in [-0.2, -0.15) is 0 Å². The molecule has 0 saturated heterocycles. The van der Waals surface area contributed by atoms with Gasteiger partial charge in [-0.15, -0.1) is 10.2 Å². The predicted octanol–water partition coefficient (Wildman–Crippen LogP) is 4.24. The Bertz CT molecular complexity index is 746. The summed E-state index contributed by atoms with van der Waals surface area (Å²) >= 11 is 6.10. The zero-order valence-corrected chi connectivity index (χ0v) is 15.1. The fourth-order valence-electron chi connectivity index (χ4n) is 3.25. The van der Waals surface area contributed by atoms with Crippen LogP contribution in [0.5, 0.6) is 5.75 Å². The summed E-state index contributed by atoms with van der Waals surface area (Å²) in [4.78, 5) is 11.8. The number of benzene rings is 1.